The molecule has 92 valence electrons. The summed E-state index contributed by atoms with van der Waals surface area (Å²) in [5, 5.41) is 0. The molecule has 0 bridgehead atoms. The Labute approximate surface area is 125 Å². The molecule has 2 heteroatoms. The zero-order chi connectivity index (χ0) is 13.1. The van der Waals surface area contributed by atoms with Gasteiger partial charge in [-0.3, -0.25) is 0 Å². The van der Waals surface area contributed by atoms with E-state index in [9.17, 15) is 0 Å². The Balaban J connectivity index is 2.40. The normalized spacial score (nSPS) is 12.2. The summed E-state index contributed by atoms with van der Waals surface area (Å²) in [7, 11) is 0. The number of hydrogen-bond donors (Lipinski definition) is 0. The van der Waals surface area contributed by atoms with Crippen LogP contribution in [0, 0.1) is 0 Å². The van der Waals surface area contributed by atoms with Gasteiger partial charge in [-0.05, 0) is 60.4 Å². The quantitative estimate of drug-likeness (QED) is 0.559. The van der Waals surface area contributed by atoms with Gasteiger partial charge in [0.1, 0.15) is 0 Å². The van der Waals surface area contributed by atoms with E-state index in [0.717, 1.165) is 8.95 Å². The fraction of sp³-hybridized carbons (Fsp3) is 0.125. The van der Waals surface area contributed by atoms with E-state index in [1.54, 1.807) is 0 Å². The fourth-order valence-electron chi connectivity index (χ4n) is 1.83. The van der Waals surface area contributed by atoms with Gasteiger partial charge in [-0.1, -0.05) is 56.1 Å². The largest absolute Gasteiger partial charge is 0.0536 e. The predicted molar refractivity (Wildman–Crippen MR) is 86.4 cm³/mol. The van der Waals surface area contributed by atoms with E-state index in [2.05, 4.69) is 94.2 Å². The highest BCUT2D eigenvalue weighted by molar-refractivity contribution is 9.10. The molecule has 18 heavy (non-hydrogen) atoms. The van der Waals surface area contributed by atoms with Crippen LogP contribution in [0.25, 0.3) is 11.1 Å². The molecule has 0 saturated heterocycles. The zero-order valence-corrected chi connectivity index (χ0v) is 13.5. The maximum atomic E-state index is 3.46. The number of rotatable bonds is 2. The smallest absolute Gasteiger partial charge is 0.0175 e. The SMILES string of the molecule is C/C(=C(/C)c1ccc(Br)cc1)c1ccc(Br)cc1. The number of allylic oxidation sites excluding steroid dienone is 2. The van der Waals surface area contributed by atoms with Gasteiger partial charge in [-0.25, -0.2) is 0 Å². The fourth-order valence-corrected chi connectivity index (χ4v) is 2.36. The monoisotopic (exact) mass is 364 g/mol. The van der Waals surface area contributed by atoms with Gasteiger partial charge in [-0.2, -0.15) is 0 Å². The molecular formula is C16H14Br2. The van der Waals surface area contributed by atoms with Crippen molar-refractivity contribution in [2.24, 2.45) is 0 Å². The molecule has 0 aliphatic rings. The molecule has 2 aromatic carbocycles. The van der Waals surface area contributed by atoms with Crippen LogP contribution in [0.5, 0.6) is 0 Å². The summed E-state index contributed by atoms with van der Waals surface area (Å²) in [6, 6.07) is 16.9. The van der Waals surface area contributed by atoms with Crippen LogP contribution in [0.3, 0.4) is 0 Å². The number of benzene rings is 2. The van der Waals surface area contributed by atoms with Gasteiger partial charge in [0.15, 0.2) is 0 Å². The second-order valence-electron chi connectivity index (χ2n) is 4.26. The maximum Gasteiger partial charge on any atom is 0.0175 e. The van der Waals surface area contributed by atoms with Crippen LogP contribution in [0.2, 0.25) is 0 Å². The van der Waals surface area contributed by atoms with Crippen molar-refractivity contribution in [1.29, 1.82) is 0 Å². The molecule has 2 aromatic rings. The highest BCUT2D eigenvalue weighted by atomic mass is 79.9. The summed E-state index contributed by atoms with van der Waals surface area (Å²) >= 11 is 6.93. The van der Waals surface area contributed by atoms with E-state index < -0.39 is 0 Å². The number of hydrogen-bond acceptors (Lipinski definition) is 0. The molecule has 0 radical (unpaired) electrons. The van der Waals surface area contributed by atoms with E-state index >= 15 is 0 Å². The molecule has 0 aliphatic carbocycles. The zero-order valence-electron chi connectivity index (χ0n) is 10.4. The summed E-state index contributed by atoms with van der Waals surface area (Å²) in [5.41, 5.74) is 5.15. The third-order valence-corrected chi connectivity index (χ3v) is 4.17. The summed E-state index contributed by atoms with van der Waals surface area (Å²) in [6.45, 7) is 4.33. The van der Waals surface area contributed by atoms with Gasteiger partial charge in [0.05, 0.1) is 0 Å². The van der Waals surface area contributed by atoms with Crippen LogP contribution in [-0.4, -0.2) is 0 Å². The van der Waals surface area contributed by atoms with E-state index in [4.69, 9.17) is 0 Å². The summed E-state index contributed by atoms with van der Waals surface area (Å²) in [5.74, 6) is 0. The van der Waals surface area contributed by atoms with E-state index in [1.165, 1.54) is 22.3 Å². The first-order valence-electron chi connectivity index (χ1n) is 5.77. The molecule has 0 amide bonds. The molecule has 0 aromatic heterocycles. The first kappa shape index (κ1) is 13.6. The van der Waals surface area contributed by atoms with Crippen LogP contribution in [0.1, 0.15) is 25.0 Å². The lowest BCUT2D eigenvalue weighted by molar-refractivity contribution is 1.49. The number of halogens is 2. The Hall–Kier alpha value is -0.860. The van der Waals surface area contributed by atoms with Crippen molar-refractivity contribution in [3.05, 3.63) is 68.6 Å². The van der Waals surface area contributed by atoms with E-state index in [-0.39, 0.29) is 0 Å². The average molecular weight is 366 g/mol. The van der Waals surface area contributed by atoms with Crippen LogP contribution in [-0.2, 0) is 0 Å². The van der Waals surface area contributed by atoms with Gasteiger partial charge in [0, 0.05) is 8.95 Å². The maximum absolute atomic E-state index is 3.46. The minimum atomic E-state index is 1.11. The molecule has 0 nitrogen and oxygen atoms in total. The minimum absolute atomic E-state index is 1.11. The first-order valence-corrected chi connectivity index (χ1v) is 7.36. The minimum Gasteiger partial charge on any atom is -0.0536 e. The first-order chi connectivity index (χ1) is 8.58. The van der Waals surface area contributed by atoms with Crippen molar-refractivity contribution < 1.29 is 0 Å². The topological polar surface area (TPSA) is 0 Å². The summed E-state index contributed by atoms with van der Waals surface area (Å²) in [6.07, 6.45) is 0. The van der Waals surface area contributed by atoms with Gasteiger partial charge in [0.2, 0.25) is 0 Å². The molecule has 0 N–H and O–H groups in total. The van der Waals surface area contributed by atoms with E-state index in [0.29, 0.717) is 0 Å². The van der Waals surface area contributed by atoms with E-state index in [1.807, 2.05) is 0 Å². The van der Waals surface area contributed by atoms with Crippen molar-refractivity contribution in [2.75, 3.05) is 0 Å². The molecule has 0 atom stereocenters. The molecule has 0 aliphatic heterocycles. The summed E-state index contributed by atoms with van der Waals surface area (Å²) in [4.78, 5) is 0. The lowest BCUT2D eigenvalue weighted by atomic mass is 9.97. The van der Waals surface area contributed by atoms with Crippen LogP contribution in [0.15, 0.2) is 57.5 Å². The highest BCUT2D eigenvalue weighted by Crippen LogP contribution is 2.27. The van der Waals surface area contributed by atoms with Crippen molar-refractivity contribution >= 4 is 43.0 Å². The van der Waals surface area contributed by atoms with Gasteiger partial charge in [-0.15, -0.1) is 0 Å². The molecule has 0 fully saturated rings. The Morgan fingerprint density at radius 1 is 0.611 bits per heavy atom. The van der Waals surface area contributed by atoms with Crippen molar-refractivity contribution in [3.8, 4) is 0 Å². The summed E-state index contributed by atoms with van der Waals surface area (Å²) < 4.78 is 2.22. The van der Waals surface area contributed by atoms with Crippen LogP contribution in [0.4, 0.5) is 0 Å². The third-order valence-electron chi connectivity index (χ3n) is 3.12. The second-order valence-corrected chi connectivity index (χ2v) is 6.10. The van der Waals surface area contributed by atoms with Crippen LogP contribution < -0.4 is 0 Å². The van der Waals surface area contributed by atoms with Gasteiger partial charge in [0.25, 0.3) is 0 Å². The molecule has 0 spiro atoms. The average Bonchev–Trinajstić information content (AvgIpc) is 2.39. The predicted octanol–water partition coefficient (Wildman–Crippen LogP) is 6.16. The Bertz CT molecular complexity index is 510. The van der Waals surface area contributed by atoms with Gasteiger partial charge >= 0.3 is 0 Å². The molecule has 0 saturated carbocycles. The molecule has 0 heterocycles. The Morgan fingerprint density at radius 3 is 1.17 bits per heavy atom. The molecular weight excluding hydrogens is 352 g/mol. The Morgan fingerprint density at radius 2 is 0.889 bits per heavy atom. The lowest BCUT2D eigenvalue weighted by Gasteiger charge is -2.09. The van der Waals surface area contributed by atoms with Crippen molar-refractivity contribution in [2.45, 2.75) is 13.8 Å². The Kier molecular flexibility index (Phi) is 4.41. The standard InChI is InChI=1S/C16H14Br2/c1-11(13-3-7-15(17)8-4-13)12(2)14-5-9-16(18)10-6-14/h3-10H,1-2H3/b12-11+. The molecule has 0 unspecified atom stereocenters. The highest BCUT2D eigenvalue weighted by Gasteiger charge is 2.03. The van der Waals surface area contributed by atoms with Gasteiger partial charge < -0.3 is 0 Å². The van der Waals surface area contributed by atoms with Crippen molar-refractivity contribution in [1.82, 2.24) is 0 Å². The second kappa shape index (κ2) is 5.85. The third kappa shape index (κ3) is 3.12. The molecule has 2 rings (SSSR count). The lowest BCUT2D eigenvalue weighted by Crippen LogP contribution is -1.86. The van der Waals surface area contributed by atoms with Crippen LogP contribution >= 0.6 is 31.9 Å². The van der Waals surface area contributed by atoms with Crippen molar-refractivity contribution in [3.63, 3.8) is 0 Å².